The van der Waals surface area contributed by atoms with Gasteiger partial charge in [-0.2, -0.15) is 0 Å². The summed E-state index contributed by atoms with van der Waals surface area (Å²) in [6, 6.07) is 9.18. The zero-order valence-electron chi connectivity index (χ0n) is 20.0. The number of nitrogens with one attached hydrogen (secondary N) is 1. The van der Waals surface area contributed by atoms with Crippen molar-refractivity contribution in [3.05, 3.63) is 47.7 Å². The van der Waals surface area contributed by atoms with Crippen molar-refractivity contribution in [1.29, 1.82) is 0 Å². The number of esters is 2. The lowest BCUT2D eigenvalue weighted by molar-refractivity contribution is -0.144. The summed E-state index contributed by atoms with van der Waals surface area (Å²) in [6.07, 6.45) is 2.09. The fraction of sp³-hybridized carbons (Fsp3) is 0.500. The summed E-state index contributed by atoms with van der Waals surface area (Å²) in [7, 11) is 0. The quantitative estimate of drug-likeness (QED) is 0.0757. The molecule has 0 aromatic heterocycles. The van der Waals surface area contributed by atoms with E-state index in [4.69, 9.17) is 24.8 Å². The molecule has 1 aromatic carbocycles. The Balaban J connectivity index is 2.20. The van der Waals surface area contributed by atoms with Crippen LogP contribution in [0.25, 0.3) is 0 Å². The average molecular weight is 492 g/mol. The van der Waals surface area contributed by atoms with Crippen molar-refractivity contribution in [2.45, 2.75) is 51.7 Å². The van der Waals surface area contributed by atoms with Gasteiger partial charge < -0.3 is 35.2 Å². The molecule has 0 spiro atoms. The van der Waals surface area contributed by atoms with E-state index in [0.29, 0.717) is 25.7 Å². The Morgan fingerprint density at radius 2 is 1.89 bits per heavy atom. The highest BCUT2D eigenvalue weighted by molar-refractivity contribution is 5.96. The number of carbonyl (C=O) groups excluding carboxylic acids is 3. The summed E-state index contributed by atoms with van der Waals surface area (Å²) >= 11 is 0. The van der Waals surface area contributed by atoms with E-state index in [9.17, 15) is 19.5 Å². The van der Waals surface area contributed by atoms with E-state index in [2.05, 4.69) is 10.5 Å². The van der Waals surface area contributed by atoms with Gasteiger partial charge in [-0.25, -0.2) is 14.4 Å². The minimum atomic E-state index is -1.13. The third-order valence-electron chi connectivity index (χ3n) is 5.45. The van der Waals surface area contributed by atoms with Gasteiger partial charge in [-0.15, -0.1) is 0 Å². The van der Waals surface area contributed by atoms with E-state index in [0.717, 1.165) is 11.6 Å². The SMILES string of the molecule is CCOC(=O)C=C(ON=C(N)C1(NC(=O)OCc2ccccc2)CCC(CCO)C1)C(=O)OCC. The van der Waals surface area contributed by atoms with Crippen LogP contribution in [0.5, 0.6) is 0 Å². The summed E-state index contributed by atoms with van der Waals surface area (Å²) in [5.74, 6) is -2.30. The maximum absolute atomic E-state index is 12.6. The van der Waals surface area contributed by atoms with Crippen molar-refractivity contribution in [2.24, 2.45) is 16.8 Å². The second kappa shape index (κ2) is 14.0. The lowest BCUT2D eigenvalue weighted by Gasteiger charge is -2.29. The molecule has 4 N–H and O–H groups in total. The molecular weight excluding hydrogens is 458 g/mol. The van der Waals surface area contributed by atoms with Crippen LogP contribution < -0.4 is 11.1 Å². The monoisotopic (exact) mass is 491 g/mol. The molecule has 1 saturated carbocycles. The number of alkyl carbamates (subject to hydrolysis) is 1. The van der Waals surface area contributed by atoms with Crippen LogP contribution in [-0.2, 0) is 35.2 Å². The van der Waals surface area contributed by atoms with Gasteiger partial charge in [0, 0.05) is 6.61 Å². The van der Waals surface area contributed by atoms with Crippen molar-refractivity contribution in [1.82, 2.24) is 5.32 Å². The molecule has 1 amide bonds. The molecule has 0 bridgehead atoms. The molecule has 11 heteroatoms. The van der Waals surface area contributed by atoms with E-state index >= 15 is 0 Å². The van der Waals surface area contributed by atoms with Crippen LogP contribution in [0.2, 0.25) is 0 Å². The smallest absolute Gasteiger partial charge is 0.408 e. The molecular formula is C24H33N3O8. The Hall–Kier alpha value is -3.60. The highest BCUT2D eigenvalue weighted by Gasteiger charge is 2.44. The third kappa shape index (κ3) is 8.60. The number of amides is 1. The van der Waals surface area contributed by atoms with Gasteiger partial charge in [0.25, 0.3) is 0 Å². The molecule has 0 saturated heterocycles. The fourth-order valence-corrected chi connectivity index (χ4v) is 3.74. The highest BCUT2D eigenvalue weighted by atomic mass is 16.7. The molecule has 0 heterocycles. The van der Waals surface area contributed by atoms with Gasteiger partial charge in [0.1, 0.15) is 12.1 Å². The standard InChI is InChI=1S/C24H33N3O8/c1-3-32-20(29)14-19(21(30)33-4-2)35-27-22(25)24(12-10-17(15-24)11-13-28)26-23(31)34-16-18-8-6-5-7-9-18/h5-9,14,17,28H,3-4,10-13,15-16H2,1-2H3,(H2,25,27)(H,26,31). The zero-order valence-corrected chi connectivity index (χ0v) is 20.0. The van der Waals surface area contributed by atoms with Gasteiger partial charge in [-0.05, 0) is 51.0 Å². The number of carbonyl (C=O) groups is 3. The number of aliphatic hydroxyl groups is 1. The van der Waals surface area contributed by atoms with Crippen LogP contribution in [-0.4, -0.2) is 54.3 Å². The average Bonchev–Trinajstić information content (AvgIpc) is 3.25. The number of amidine groups is 1. The first kappa shape index (κ1) is 27.6. The van der Waals surface area contributed by atoms with Crippen molar-refractivity contribution >= 4 is 23.9 Å². The van der Waals surface area contributed by atoms with Crippen LogP contribution in [0.15, 0.2) is 47.3 Å². The largest absolute Gasteiger partial charge is 0.463 e. The van der Waals surface area contributed by atoms with Crippen LogP contribution >= 0.6 is 0 Å². The highest BCUT2D eigenvalue weighted by Crippen LogP contribution is 2.37. The first-order chi connectivity index (χ1) is 16.8. The fourth-order valence-electron chi connectivity index (χ4n) is 3.74. The van der Waals surface area contributed by atoms with Gasteiger partial charge in [-0.1, -0.05) is 35.5 Å². The van der Waals surface area contributed by atoms with E-state index in [1.807, 2.05) is 30.3 Å². The predicted molar refractivity (Wildman–Crippen MR) is 126 cm³/mol. The van der Waals surface area contributed by atoms with Gasteiger partial charge in [-0.3, -0.25) is 0 Å². The van der Waals surface area contributed by atoms with Gasteiger partial charge in [0.15, 0.2) is 5.84 Å². The Labute approximate surface area is 204 Å². The van der Waals surface area contributed by atoms with Crippen LogP contribution in [0, 0.1) is 5.92 Å². The molecule has 35 heavy (non-hydrogen) atoms. The molecule has 1 fully saturated rings. The number of hydrogen-bond donors (Lipinski definition) is 3. The number of nitrogens with zero attached hydrogens (tertiary/aromatic N) is 1. The number of aliphatic hydroxyl groups excluding tert-OH is 1. The van der Waals surface area contributed by atoms with E-state index < -0.39 is 29.3 Å². The molecule has 1 aromatic rings. The van der Waals surface area contributed by atoms with Crippen LogP contribution in [0.1, 0.15) is 45.1 Å². The summed E-state index contributed by atoms with van der Waals surface area (Å²) in [6.45, 7) is 3.40. The topological polar surface area (TPSA) is 159 Å². The van der Waals surface area contributed by atoms with Crippen molar-refractivity contribution in [3.63, 3.8) is 0 Å². The Morgan fingerprint density at radius 3 is 2.54 bits per heavy atom. The molecule has 2 atom stereocenters. The first-order valence-electron chi connectivity index (χ1n) is 11.5. The number of hydrogen-bond acceptors (Lipinski definition) is 9. The number of oxime groups is 1. The summed E-state index contributed by atoms with van der Waals surface area (Å²) < 4.78 is 15.0. The van der Waals surface area contributed by atoms with Gasteiger partial charge in [0.2, 0.25) is 5.76 Å². The Bertz CT molecular complexity index is 919. The molecule has 11 nitrogen and oxygen atoms in total. The van der Waals surface area contributed by atoms with Crippen LogP contribution in [0.4, 0.5) is 4.79 Å². The maximum atomic E-state index is 12.6. The lowest BCUT2D eigenvalue weighted by atomic mass is 9.93. The molecule has 2 unspecified atom stereocenters. The van der Waals surface area contributed by atoms with E-state index in [1.54, 1.807) is 13.8 Å². The zero-order chi connectivity index (χ0) is 25.7. The first-order valence-corrected chi connectivity index (χ1v) is 11.5. The van der Waals surface area contributed by atoms with Gasteiger partial charge >= 0.3 is 18.0 Å². The number of ether oxygens (including phenoxy) is 3. The molecule has 2 rings (SSSR count). The molecule has 0 aliphatic heterocycles. The second-order valence-corrected chi connectivity index (χ2v) is 7.94. The normalized spacial score (nSPS) is 20.1. The van der Waals surface area contributed by atoms with Gasteiger partial charge in [0.05, 0.1) is 19.3 Å². The van der Waals surface area contributed by atoms with E-state index in [1.165, 1.54) is 0 Å². The Morgan fingerprint density at radius 1 is 1.17 bits per heavy atom. The Kier molecular flexibility index (Phi) is 11.0. The third-order valence-corrected chi connectivity index (χ3v) is 5.45. The maximum Gasteiger partial charge on any atom is 0.408 e. The minimum Gasteiger partial charge on any atom is -0.463 e. The number of rotatable bonds is 12. The van der Waals surface area contributed by atoms with Crippen molar-refractivity contribution in [2.75, 3.05) is 19.8 Å². The van der Waals surface area contributed by atoms with Crippen molar-refractivity contribution < 1.29 is 38.5 Å². The lowest BCUT2D eigenvalue weighted by Crippen LogP contribution is -2.56. The van der Waals surface area contributed by atoms with Crippen molar-refractivity contribution in [3.8, 4) is 0 Å². The molecule has 192 valence electrons. The summed E-state index contributed by atoms with van der Waals surface area (Å²) in [5.41, 5.74) is 5.92. The second-order valence-electron chi connectivity index (χ2n) is 7.94. The molecule has 0 radical (unpaired) electrons. The minimum absolute atomic E-state index is 0.0119. The number of nitrogens with two attached hydrogens (primary N) is 1. The number of benzene rings is 1. The summed E-state index contributed by atoms with van der Waals surface area (Å²) in [5, 5.41) is 16.0. The molecule has 1 aliphatic carbocycles. The summed E-state index contributed by atoms with van der Waals surface area (Å²) in [4.78, 5) is 41.8. The van der Waals surface area contributed by atoms with Crippen LogP contribution in [0.3, 0.4) is 0 Å². The molecule has 1 aliphatic rings. The van der Waals surface area contributed by atoms with E-state index in [-0.39, 0.29) is 38.2 Å². The predicted octanol–water partition coefficient (Wildman–Crippen LogP) is 2.13.